The van der Waals surface area contributed by atoms with Crippen molar-refractivity contribution in [2.75, 3.05) is 13.1 Å². The van der Waals surface area contributed by atoms with Gasteiger partial charge in [-0.15, -0.1) is 0 Å². The molecule has 5 nitrogen and oxygen atoms in total. The average Bonchev–Trinajstić information content (AvgIpc) is 3.10. The highest BCUT2D eigenvalue weighted by Crippen LogP contribution is 2.33. The van der Waals surface area contributed by atoms with Crippen molar-refractivity contribution in [3.8, 4) is 11.5 Å². The number of halogens is 1. The Hall–Kier alpha value is -1.62. The summed E-state index contributed by atoms with van der Waals surface area (Å²) in [7, 11) is 0. The maximum atomic E-state index is 12.2. The topological polar surface area (TPSA) is 48.0 Å². The predicted octanol–water partition coefficient (Wildman–Crippen LogP) is 5.44. The molecule has 0 radical (unpaired) electrons. The maximum Gasteiger partial charge on any atom is 0.410 e. The van der Waals surface area contributed by atoms with Gasteiger partial charge >= 0.3 is 6.09 Å². The molecule has 0 atom stereocenters. The molecule has 0 unspecified atom stereocenters. The fourth-order valence-electron chi connectivity index (χ4n) is 3.51. The first-order valence-electron chi connectivity index (χ1n) is 9.91. The molecule has 150 valence electrons. The van der Waals surface area contributed by atoms with Crippen LogP contribution in [0.2, 0.25) is 5.02 Å². The van der Waals surface area contributed by atoms with E-state index in [1.807, 2.05) is 39.0 Å². The zero-order valence-corrected chi connectivity index (χ0v) is 17.3. The van der Waals surface area contributed by atoms with Crippen molar-refractivity contribution in [2.45, 2.75) is 77.1 Å². The summed E-state index contributed by atoms with van der Waals surface area (Å²) < 4.78 is 17.6. The van der Waals surface area contributed by atoms with Crippen molar-refractivity contribution < 1.29 is 19.0 Å². The van der Waals surface area contributed by atoms with Crippen LogP contribution in [0.3, 0.4) is 0 Å². The van der Waals surface area contributed by atoms with E-state index in [0.29, 0.717) is 23.9 Å². The number of carbonyl (C=O) groups is 1. The van der Waals surface area contributed by atoms with Crippen molar-refractivity contribution in [3.63, 3.8) is 0 Å². The standard InChI is InChI=1S/C21H30ClNO4/c1-21(2,3)27-20(24)23-12-10-16(11-13-23)25-17-8-9-18(22)19(14-17)26-15-6-4-5-7-15/h8-9,14-16H,4-7,10-13H2,1-3H3. The second-order valence-corrected chi connectivity index (χ2v) is 8.81. The van der Waals surface area contributed by atoms with Gasteiger partial charge < -0.3 is 19.1 Å². The SMILES string of the molecule is CC(C)(C)OC(=O)N1CCC(Oc2ccc(Cl)c(OC3CCCC3)c2)CC1. The van der Waals surface area contributed by atoms with E-state index in [1.165, 1.54) is 12.8 Å². The molecule has 1 heterocycles. The molecule has 1 aromatic rings. The summed E-state index contributed by atoms with van der Waals surface area (Å²) in [5.41, 5.74) is -0.469. The maximum absolute atomic E-state index is 12.2. The minimum Gasteiger partial charge on any atom is -0.490 e. The lowest BCUT2D eigenvalue weighted by molar-refractivity contribution is 0.0126. The monoisotopic (exact) mass is 395 g/mol. The molecule has 1 saturated heterocycles. The molecule has 27 heavy (non-hydrogen) atoms. The molecule has 0 N–H and O–H groups in total. The smallest absolute Gasteiger partial charge is 0.410 e. The minimum atomic E-state index is -0.469. The van der Waals surface area contributed by atoms with E-state index in [-0.39, 0.29) is 18.3 Å². The van der Waals surface area contributed by atoms with Gasteiger partial charge in [-0.3, -0.25) is 0 Å². The molecule has 0 bridgehead atoms. The third-order valence-electron chi connectivity index (χ3n) is 4.89. The number of benzene rings is 1. The zero-order chi connectivity index (χ0) is 19.4. The first-order chi connectivity index (χ1) is 12.8. The van der Waals surface area contributed by atoms with E-state index in [4.69, 9.17) is 25.8 Å². The number of carbonyl (C=O) groups excluding carboxylic acids is 1. The summed E-state index contributed by atoms with van der Waals surface area (Å²) in [5, 5.41) is 0.619. The predicted molar refractivity (Wildman–Crippen MR) is 106 cm³/mol. The molecular weight excluding hydrogens is 366 g/mol. The number of amides is 1. The number of hydrogen-bond acceptors (Lipinski definition) is 4. The van der Waals surface area contributed by atoms with Gasteiger partial charge in [0.1, 0.15) is 23.2 Å². The summed E-state index contributed by atoms with van der Waals surface area (Å²) >= 11 is 6.29. The van der Waals surface area contributed by atoms with Gasteiger partial charge in [-0.1, -0.05) is 11.6 Å². The van der Waals surface area contributed by atoms with Crippen molar-refractivity contribution in [2.24, 2.45) is 0 Å². The largest absolute Gasteiger partial charge is 0.490 e. The third-order valence-corrected chi connectivity index (χ3v) is 5.21. The normalized spacial score (nSPS) is 19.2. The summed E-state index contributed by atoms with van der Waals surface area (Å²) in [6.45, 7) is 6.92. The molecule has 2 aliphatic rings. The first-order valence-corrected chi connectivity index (χ1v) is 10.3. The Balaban J connectivity index is 1.52. The number of ether oxygens (including phenoxy) is 3. The van der Waals surface area contributed by atoms with Crippen molar-refractivity contribution in [1.82, 2.24) is 4.90 Å². The fraction of sp³-hybridized carbons (Fsp3) is 0.667. The number of likely N-dealkylation sites (tertiary alicyclic amines) is 1. The molecule has 3 rings (SSSR count). The Kier molecular flexibility index (Phi) is 6.40. The highest BCUT2D eigenvalue weighted by atomic mass is 35.5. The van der Waals surface area contributed by atoms with Crippen LogP contribution in [-0.4, -0.2) is 41.9 Å². The van der Waals surface area contributed by atoms with E-state index in [0.717, 1.165) is 31.4 Å². The Bertz CT molecular complexity index is 644. The molecule has 1 aliphatic heterocycles. The Morgan fingerprint density at radius 2 is 1.67 bits per heavy atom. The van der Waals surface area contributed by atoms with Crippen LogP contribution in [0.25, 0.3) is 0 Å². The molecule has 0 spiro atoms. The van der Waals surface area contributed by atoms with Crippen LogP contribution in [-0.2, 0) is 4.74 Å². The zero-order valence-electron chi connectivity index (χ0n) is 16.5. The van der Waals surface area contributed by atoms with Gasteiger partial charge in [0.2, 0.25) is 0 Å². The lowest BCUT2D eigenvalue weighted by Crippen LogP contribution is -2.44. The second kappa shape index (κ2) is 8.59. The van der Waals surface area contributed by atoms with E-state index < -0.39 is 5.60 Å². The van der Waals surface area contributed by atoms with E-state index >= 15 is 0 Å². The van der Waals surface area contributed by atoms with Crippen molar-refractivity contribution >= 4 is 17.7 Å². The molecule has 1 amide bonds. The summed E-state index contributed by atoms with van der Waals surface area (Å²) in [6.07, 6.45) is 6.25. The Morgan fingerprint density at radius 3 is 2.30 bits per heavy atom. The molecule has 1 aromatic carbocycles. The van der Waals surface area contributed by atoms with E-state index in [9.17, 15) is 4.79 Å². The lowest BCUT2D eigenvalue weighted by atomic mass is 10.1. The molecule has 6 heteroatoms. The van der Waals surface area contributed by atoms with Crippen molar-refractivity contribution in [1.29, 1.82) is 0 Å². The van der Waals surface area contributed by atoms with Gasteiger partial charge in [-0.25, -0.2) is 4.79 Å². The quantitative estimate of drug-likeness (QED) is 0.681. The first kappa shape index (κ1) is 20.1. The minimum absolute atomic E-state index is 0.0733. The van der Waals surface area contributed by atoms with Gasteiger partial charge in [0.05, 0.1) is 11.1 Å². The summed E-state index contributed by atoms with van der Waals surface area (Å²) in [4.78, 5) is 13.9. The number of hydrogen-bond donors (Lipinski definition) is 0. The van der Waals surface area contributed by atoms with Gasteiger partial charge in [0.15, 0.2) is 0 Å². The number of nitrogens with zero attached hydrogens (tertiary/aromatic N) is 1. The number of piperidine rings is 1. The Labute approximate surface area is 166 Å². The highest BCUT2D eigenvalue weighted by Gasteiger charge is 2.28. The van der Waals surface area contributed by atoms with Gasteiger partial charge in [-0.2, -0.15) is 0 Å². The van der Waals surface area contributed by atoms with E-state index in [2.05, 4.69) is 0 Å². The van der Waals surface area contributed by atoms with Gasteiger partial charge in [0.25, 0.3) is 0 Å². The molecule has 2 fully saturated rings. The van der Waals surface area contributed by atoms with Crippen LogP contribution < -0.4 is 9.47 Å². The van der Waals surface area contributed by atoms with Crippen LogP contribution in [0.5, 0.6) is 11.5 Å². The Morgan fingerprint density at radius 1 is 1.04 bits per heavy atom. The van der Waals surface area contributed by atoms with Gasteiger partial charge in [-0.05, 0) is 58.6 Å². The van der Waals surface area contributed by atoms with Crippen LogP contribution in [0, 0.1) is 0 Å². The number of rotatable bonds is 4. The van der Waals surface area contributed by atoms with Crippen LogP contribution in [0.15, 0.2) is 18.2 Å². The van der Waals surface area contributed by atoms with Crippen molar-refractivity contribution in [3.05, 3.63) is 23.2 Å². The van der Waals surface area contributed by atoms with E-state index in [1.54, 1.807) is 4.90 Å². The summed E-state index contributed by atoms with van der Waals surface area (Å²) in [5.74, 6) is 1.47. The molecule has 1 aliphatic carbocycles. The molecule has 1 saturated carbocycles. The molecular formula is C21H30ClNO4. The van der Waals surface area contributed by atoms with Crippen LogP contribution in [0.1, 0.15) is 59.3 Å². The average molecular weight is 396 g/mol. The fourth-order valence-corrected chi connectivity index (χ4v) is 3.67. The summed E-state index contributed by atoms with van der Waals surface area (Å²) in [6, 6.07) is 5.60. The second-order valence-electron chi connectivity index (χ2n) is 8.40. The highest BCUT2D eigenvalue weighted by molar-refractivity contribution is 6.32. The van der Waals surface area contributed by atoms with Gasteiger partial charge in [0, 0.05) is 32.0 Å². The van der Waals surface area contributed by atoms with Crippen LogP contribution >= 0.6 is 11.6 Å². The van der Waals surface area contributed by atoms with Crippen LogP contribution in [0.4, 0.5) is 4.79 Å². The lowest BCUT2D eigenvalue weighted by Gasteiger charge is -2.33. The third kappa shape index (κ3) is 5.93. The molecule has 0 aromatic heterocycles.